The van der Waals surface area contributed by atoms with Gasteiger partial charge in [-0.1, -0.05) is 12.1 Å². The van der Waals surface area contributed by atoms with Crippen molar-refractivity contribution in [3.8, 4) is 11.1 Å². The number of nitrogens with zero attached hydrogens (tertiary/aromatic N) is 2. The van der Waals surface area contributed by atoms with E-state index in [1.165, 1.54) is 0 Å². The molecule has 0 saturated heterocycles. The number of aromatic nitrogens is 2. The molecule has 3 aromatic rings. The van der Waals surface area contributed by atoms with Gasteiger partial charge in [-0.05, 0) is 35.4 Å². The van der Waals surface area contributed by atoms with Gasteiger partial charge in [-0.25, -0.2) is 4.98 Å². The monoisotopic (exact) mass is 209 g/mol. The first-order valence-corrected chi connectivity index (χ1v) is 5.11. The summed E-state index contributed by atoms with van der Waals surface area (Å²) in [7, 11) is 0. The molecule has 0 aliphatic rings. The van der Waals surface area contributed by atoms with Crippen molar-refractivity contribution in [3.63, 3.8) is 0 Å². The number of benzene rings is 1. The summed E-state index contributed by atoms with van der Waals surface area (Å²) in [5.41, 5.74) is 9.76. The zero-order chi connectivity index (χ0) is 11.0. The maximum atomic E-state index is 5.77. The number of anilines is 1. The standard InChI is InChI=1S/C13H11N3/c14-12-3-1-2-10(8-12)11-4-5-13-15-6-7-16(13)9-11/h1-9H,14H2. The molecule has 0 bridgehead atoms. The highest BCUT2D eigenvalue weighted by molar-refractivity contribution is 5.67. The van der Waals surface area contributed by atoms with Gasteiger partial charge in [0, 0.05) is 24.3 Å². The van der Waals surface area contributed by atoms with Crippen LogP contribution in [0.2, 0.25) is 0 Å². The summed E-state index contributed by atoms with van der Waals surface area (Å²) < 4.78 is 2.00. The van der Waals surface area contributed by atoms with Crippen LogP contribution in [-0.2, 0) is 0 Å². The van der Waals surface area contributed by atoms with Crippen molar-refractivity contribution in [2.45, 2.75) is 0 Å². The van der Waals surface area contributed by atoms with Gasteiger partial charge in [-0.2, -0.15) is 0 Å². The molecule has 0 radical (unpaired) electrons. The number of hydrogen-bond donors (Lipinski definition) is 1. The number of nitrogens with two attached hydrogens (primary N) is 1. The summed E-state index contributed by atoms with van der Waals surface area (Å²) in [6.07, 6.45) is 5.78. The lowest BCUT2D eigenvalue weighted by atomic mass is 10.1. The zero-order valence-electron chi connectivity index (χ0n) is 8.67. The van der Waals surface area contributed by atoms with E-state index in [4.69, 9.17) is 5.73 Å². The molecule has 0 atom stereocenters. The molecule has 3 rings (SSSR count). The van der Waals surface area contributed by atoms with Crippen LogP contribution < -0.4 is 5.73 Å². The third-order valence-electron chi connectivity index (χ3n) is 2.61. The highest BCUT2D eigenvalue weighted by Crippen LogP contribution is 2.21. The second-order valence-electron chi connectivity index (χ2n) is 3.74. The van der Waals surface area contributed by atoms with E-state index in [2.05, 4.69) is 23.3 Å². The molecular formula is C13H11N3. The maximum Gasteiger partial charge on any atom is 0.136 e. The summed E-state index contributed by atoms with van der Waals surface area (Å²) in [6, 6.07) is 11.9. The molecular weight excluding hydrogens is 198 g/mol. The Morgan fingerprint density at radius 1 is 1.06 bits per heavy atom. The number of nitrogen functional groups attached to an aromatic ring is 1. The Balaban J connectivity index is 2.18. The number of imidazole rings is 1. The Morgan fingerprint density at radius 2 is 2.00 bits per heavy atom. The van der Waals surface area contributed by atoms with E-state index in [9.17, 15) is 0 Å². The van der Waals surface area contributed by atoms with E-state index in [1.807, 2.05) is 34.9 Å². The van der Waals surface area contributed by atoms with Crippen LogP contribution in [0.15, 0.2) is 55.0 Å². The van der Waals surface area contributed by atoms with Crippen LogP contribution >= 0.6 is 0 Å². The Morgan fingerprint density at radius 3 is 2.88 bits per heavy atom. The quantitative estimate of drug-likeness (QED) is 0.626. The van der Waals surface area contributed by atoms with Gasteiger partial charge in [0.05, 0.1) is 0 Å². The fraction of sp³-hybridized carbons (Fsp3) is 0. The van der Waals surface area contributed by atoms with Gasteiger partial charge in [0.1, 0.15) is 5.65 Å². The Labute approximate surface area is 93.2 Å². The second-order valence-corrected chi connectivity index (χ2v) is 3.74. The van der Waals surface area contributed by atoms with Gasteiger partial charge in [0.25, 0.3) is 0 Å². The van der Waals surface area contributed by atoms with Crippen molar-refractivity contribution >= 4 is 11.3 Å². The lowest BCUT2D eigenvalue weighted by Gasteiger charge is -2.03. The third kappa shape index (κ3) is 1.42. The SMILES string of the molecule is Nc1cccc(-c2ccc3nccn3c2)c1. The van der Waals surface area contributed by atoms with Gasteiger partial charge in [0.15, 0.2) is 0 Å². The lowest BCUT2D eigenvalue weighted by Crippen LogP contribution is -1.88. The van der Waals surface area contributed by atoms with E-state index >= 15 is 0 Å². The van der Waals surface area contributed by atoms with Gasteiger partial charge < -0.3 is 10.1 Å². The molecule has 3 nitrogen and oxygen atoms in total. The molecule has 0 spiro atoms. The zero-order valence-corrected chi connectivity index (χ0v) is 8.67. The van der Waals surface area contributed by atoms with Gasteiger partial charge in [-0.3, -0.25) is 0 Å². The average Bonchev–Trinajstić information content (AvgIpc) is 2.75. The van der Waals surface area contributed by atoms with Crippen LogP contribution in [0.3, 0.4) is 0 Å². The van der Waals surface area contributed by atoms with Crippen molar-refractivity contribution in [2.75, 3.05) is 5.73 Å². The predicted octanol–water partition coefficient (Wildman–Crippen LogP) is 2.58. The smallest absolute Gasteiger partial charge is 0.136 e. The Kier molecular flexibility index (Phi) is 1.90. The highest BCUT2D eigenvalue weighted by atomic mass is 15.0. The van der Waals surface area contributed by atoms with Gasteiger partial charge >= 0.3 is 0 Å². The molecule has 2 N–H and O–H groups in total. The van der Waals surface area contributed by atoms with Gasteiger partial charge in [0.2, 0.25) is 0 Å². The molecule has 0 aliphatic heterocycles. The molecule has 3 heteroatoms. The Bertz CT molecular complexity index is 640. The topological polar surface area (TPSA) is 43.3 Å². The van der Waals surface area contributed by atoms with E-state index in [-0.39, 0.29) is 0 Å². The number of rotatable bonds is 1. The van der Waals surface area contributed by atoms with Crippen LogP contribution in [0.1, 0.15) is 0 Å². The fourth-order valence-corrected chi connectivity index (χ4v) is 1.81. The summed E-state index contributed by atoms with van der Waals surface area (Å²) in [6.45, 7) is 0. The first-order valence-electron chi connectivity index (χ1n) is 5.11. The highest BCUT2D eigenvalue weighted by Gasteiger charge is 2.00. The fourth-order valence-electron chi connectivity index (χ4n) is 1.81. The first kappa shape index (κ1) is 8.97. The number of fused-ring (bicyclic) bond motifs is 1. The van der Waals surface area contributed by atoms with Crippen molar-refractivity contribution in [2.24, 2.45) is 0 Å². The Hall–Kier alpha value is -2.29. The van der Waals surface area contributed by atoms with Gasteiger partial charge in [-0.15, -0.1) is 0 Å². The number of pyridine rings is 1. The van der Waals surface area contributed by atoms with Crippen LogP contribution in [0.25, 0.3) is 16.8 Å². The summed E-state index contributed by atoms with van der Waals surface area (Å²) in [5.74, 6) is 0. The normalized spacial score (nSPS) is 10.8. The van der Waals surface area contributed by atoms with Crippen LogP contribution in [0, 0.1) is 0 Å². The van der Waals surface area contributed by atoms with E-state index < -0.39 is 0 Å². The van der Waals surface area contributed by atoms with Crippen molar-refractivity contribution < 1.29 is 0 Å². The molecule has 16 heavy (non-hydrogen) atoms. The van der Waals surface area contributed by atoms with Crippen LogP contribution in [-0.4, -0.2) is 9.38 Å². The molecule has 0 amide bonds. The minimum atomic E-state index is 0.781. The van der Waals surface area contributed by atoms with E-state index in [1.54, 1.807) is 6.20 Å². The molecule has 0 aliphatic carbocycles. The largest absolute Gasteiger partial charge is 0.399 e. The third-order valence-corrected chi connectivity index (χ3v) is 2.61. The minimum absolute atomic E-state index is 0.781. The van der Waals surface area contributed by atoms with Crippen molar-refractivity contribution in [3.05, 3.63) is 55.0 Å². The maximum absolute atomic E-state index is 5.77. The second kappa shape index (κ2) is 3.38. The lowest BCUT2D eigenvalue weighted by molar-refractivity contribution is 1.19. The van der Waals surface area contributed by atoms with Crippen molar-refractivity contribution in [1.82, 2.24) is 9.38 Å². The van der Waals surface area contributed by atoms with Crippen LogP contribution in [0.4, 0.5) is 5.69 Å². The molecule has 0 saturated carbocycles. The molecule has 0 fully saturated rings. The molecule has 2 heterocycles. The molecule has 0 unspecified atom stereocenters. The number of hydrogen-bond acceptors (Lipinski definition) is 2. The van der Waals surface area contributed by atoms with Crippen LogP contribution in [0.5, 0.6) is 0 Å². The van der Waals surface area contributed by atoms with Crippen molar-refractivity contribution in [1.29, 1.82) is 0 Å². The van der Waals surface area contributed by atoms with E-state index in [0.717, 1.165) is 22.5 Å². The predicted molar refractivity (Wildman–Crippen MR) is 65.0 cm³/mol. The molecule has 78 valence electrons. The molecule has 1 aromatic carbocycles. The molecule has 2 aromatic heterocycles. The van der Waals surface area contributed by atoms with E-state index in [0.29, 0.717) is 0 Å². The summed E-state index contributed by atoms with van der Waals surface area (Å²) in [5, 5.41) is 0. The summed E-state index contributed by atoms with van der Waals surface area (Å²) in [4.78, 5) is 4.21. The average molecular weight is 209 g/mol. The first-order chi connectivity index (χ1) is 7.83. The minimum Gasteiger partial charge on any atom is -0.399 e. The summed E-state index contributed by atoms with van der Waals surface area (Å²) >= 11 is 0.